The summed E-state index contributed by atoms with van der Waals surface area (Å²) >= 11 is 0. The summed E-state index contributed by atoms with van der Waals surface area (Å²) in [7, 11) is 1.95. The molecule has 0 radical (unpaired) electrons. The Hall–Kier alpha value is -0.890. The topological polar surface area (TPSA) is 12.0 Å². The van der Waals surface area contributed by atoms with Gasteiger partial charge in [-0.05, 0) is 44.7 Å². The lowest BCUT2D eigenvalue weighted by molar-refractivity contribution is 0.235. The van der Waals surface area contributed by atoms with Gasteiger partial charge in [-0.25, -0.2) is 4.39 Å². The lowest BCUT2D eigenvalue weighted by Gasteiger charge is -2.33. The normalized spacial score (nSPS) is 26.0. The van der Waals surface area contributed by atoms with Crippen molar-refractivity contribution < 1.29 is 4.39 Å². The highest BCUT2D eigenvalue weighted by molar-refractivity contribution is 5.27. The number of hydrogen-bond acceptors (Lipinski definition) is 1. The molecule has 1 aromatic rings. The molecule has 100 valence electrons. The van der Waals surface area contributed by atoms with Crippen LogP contribution in [0.25, 0.3) is 0 Å². The minimum Gasteiger partial charge on any atom is -0.313 e. The molecule has 1 saturated carbocycles. The van der Waals surface area contributed by atoms with Crippen molar-refractivity contribution in [3.63, 3.8) is 0 Å². The fraction of sp³-hybridized carbons (Fsp3) is 0.625. The number of halogens is 1. The van der Waals surface area contributed by atoms with Crippen molar-refractivity contribution in [2.24, 2.45) is 11.8 Å². The molecule has 0 aromatic heterocycles. The Balaban J connectivity index is 2.19. The summed E-state index contributed by atoms with van der Waals surface area (Å²) in [6.45, 7) is 4.34. The van der Waals surface area contributed by atoms with Crippen molar-refractivity contribution in [3.8, 4) is 0 Å². The fourth-order valence-electron chi connectivity index (χ4n) is 3.17. The van der Waals surface area contributed by atoms with Crippen LogP contribution in [-0.2, 0) is 0 Å². The van der Waals surface area contributed by atoms with Gasteiger partial charge < -0.3 is 5.32 Å². The first-order valence-corrected chi connectivity index (χ1v) is 7.05. The van der Waals surface area contributed by atoms with Gasteiger partial charge in [-0.2, -0.15) is 0 Å². The van der Waals surface area contributed by atoms with Gasteiger partial charge >= 0.3 is 0 Å². The lowest BCUT2D eigenvalue weighted by Crippen LogP contribution is -2.29. The van der Waals surface area contributed by atoms with E-state index >= 15 is 0 Å². The number of rotatable bonds is 3. The van der Waals surface area contributed by atoms with Crippen LogP contribution in [0.5, 0.6) is 0 Å². The first kappa shape index (κ1) is 13.5. The monoisotopic (exact) mass is 249 g/mol. The van der Waals surface area contributed by atoms with E-state index in [1.165, 1.54) is 25.7 Å². The summed E-state index contributed by atoms with van der Waals surface area (Å²) in [6, 6.07) is 5.60. The van der Waals surface area contributed by atoms with E-state index in [0.29, 0.717) is 5.92 Å². The highest BCUT2D eigenvalue weighted by Crippen LogP contribution is 2.37. The van der Waals surface area contributed by atoms with Crippen molar-refractivity contribution in [1.82, 2.24) is 5.32 Å². The van der Waals surface area contributed by atoms with Crippen LogP contribution in [0, 0.1) is 24.6 Å². The molecule has 1 fully saturated rings. The van der Waals surface area contributed by atoms with Crippen LogP contribution in [-0.4, -0.2) is 7.05 Å². The average molecular weight is 249 g/mol. The zero-order valence-electron chi connectivity index (χ0n) is 11.7. The number of nitrogens with one attached hydrogen (secondary N) is 1. The summed E-state index contributed by atoms with van der Waals surface area (Å²) in [5, 5.41) is 3.33. The molecule has 0 spiro atoms. The van der Waals surface area contributed by atoms with Crippen LogP contribution in [0.2, 0.25) is 0 Å². The standard InChI is InChI=1S/C16H24FN/c1-11-4-7-13(8-5-11)16(18-3)14-10-12(2)6-9-15(14)17/h6,9-11,13,16,18H,4-5,7-8H2,1-3H3. The van der Waals surface area contributed by atoms with Crippen molar-refractivity contribution in [2.75, 3.05) is 7.05 Å². The second-order valence-electron chi connectivity index (χ2n) is 5.81. The average Bonchev–Trinajstić information content (AvgIpc) is 2.37. The summed E-state index contributed by atoms with van der Waals surface area (Å²) in [6.07, 6.45) is 4.96. The molecule has 2 rings (SSSR count). The van der Waals surface area contributed by atoms with E-state index in [0.717, 1.165) is 17.0 Å². The quantitative estimate of drug-likeness (QED) is 0.845. The summed E-state index contributed by atoms with van der Waals surface area (Å²) < 4.78 is 14.0. The zero-order chi connectivity index (χ0) is 13.1. The predicted octanol–water partition coefficient (Wildman–Crippen LogP) is 4.22. The van der Waals surface area contributed by atoms with Crippen LogP contribution in [0.1, 0.15) is 49.8 Å². The van der Waals surface area contributed by atoms with Gasteiger partial charge in [0.1, 0.15) is 5.82 Å². The van der Waals surface area contributed by atoms with Gasteiger partial charge in [-0.1, -0.05) is 37.5 Å². The maximum atomic E-state index is 14.0. The third kappa shape index (κ3) is 2.92. The Bertz CT molecular complexity index is 394. The molecule has 0 heterocycles. The van der Waals surface area contributed by atoms with E-state index in [1.54, 1.807) is 6.07 Å². The first-order chi connectivity index (χ1) is 8.61. The van der Waals surface area contributed by atoms with Gasteiger partial charge in [0.25, 0.3) is 0 Å². The van der Waals surface area contributed by atoms with E-state index in [2.05, 4.69) is 12.2 Å². The van der Waals surface area contributed by atoms with E-state index in [-0.39, 0.29) is 11.9 Å². The predicted molar refractivity (Wildman–Crippen MR) is 74.1 cm³/mol. The maximum absolute atomic E-state index is 14.0. The molecule has 1 N–H and O–H groups in total. The Labute approximate surface area is 110 Å². The van der Waals surface area contributed by atoms with Crippen LogP contribution >= 0.6 is 0 Å². The second kappa shape index (κ2) is 5.83. The van der Waals surface area contributed by atoms with Crippen molar-refractivity contribution in [3.05, 3.63) is 35.1 Å². The van der Waals surface area contributed by atoms with Crippen molar-refractivity contribution in [1.29, 1.82) is 0 Å². The molecule has 1 aliphatic rings. The number of hydrogen-bond donors (Lipinski definition) is 1. The van der Waals surface area contributed by atoms with Gasteiger partial charge in [-0.3, -0.25) is 0 Å². The van der Waals surface area contributed by atoms with Crippen LogP contribution < -0.4 is 5.32 Å². The molecule has 1 nitrogen and oxygen atoms in total. The Morgan fingerprint density at radius 1 is 1.22 bits per heavy atom. The van der Waals surface area contributed by atoms with E-state index in [4.69, 9.17) is 0 Å². The Morgan fingerprint density at radius 3 is 2.50 bits per heavy atom. The first-order valence-electron chi connectivity index (χ1n) is 7.05. The molecule has 0 amide bonds. The van der Waals surface area contributed by atoms with E-state index < -0.39 is 0 Å². The van der Waals surface area contributed by atoms with Gasteiger partial charge in [0.2, 0.25) is 0 Å². The molecule has 0 aliphatic heterocycles. The third-order valence-electron chi connectivity index (χ3n) is 4.33. The molecule has 1 atom stereocenters. The number of benzene rings is 1. The second-order valence-corrected chi connectivity index (χ2v) is 5.81. The Kier molecular flexibility index (Phi) is 4.39. The van der Waals surface area contributed by atoms with E-state index in [9.17, 15) is 4.39 Å². The third-order valence-corrected chi connectivity index (χ3v) is 4.33. The fourth-order valence-corrected chi connectivity index (χ4v) is 3.17. The zero-order valence-corrected chi connectivity index (χ0v) is 11.7. The molecule has 0 saturated heterocycles. The van der Waals surface area contributed by atoms with Crippen LogP contribution in [0.15, 0.2) is 18.2 Å². The largest absolute Gasteiger partial charge is 0.313 e. The molecular formula is C16H24FN. The number of aryl methyl sites for hydroxylation is 1. The van der Waals surface area contributed by atoms with Gasteiger partial charge in [0.05, 0.1) is 0 Å². The molecule has 18 heavy (non-hydrogen) atoms. The summed E-state index contributed by atoms with van der Waals surface area (Å²) in [5.41, 5.74) is 1.98. The van der Waals surface area contributed by atoms with Gasteiger partial charge in [0, 0.05) is 11.6 Å². The highest BCUT2D eigenvalue weighted by Gasteiger charge is 2.27. The molecule has 0 bridgehead atoms. The molecule has 2 heteroatoms. The minimum absolute atomic E-state index is 0.0708. The summed E-state index contributed by atoms with van der Waals surface area (Å²) in [5.74, 6) is 1.34. The Morgan fingerprint density at radius 2 is 1.89 bits per heavy atom. The SMILES string of the molecule is CNC(c1cc(C)ccc1F)C1CCC(C)CC1. The molecule has 1 aromatic carbocycles. The smallest absolute Gasteiger partial charge is 0.128 e. The van der Waals surface area contributed by atoms with Crippen LogP contribution in [0.4, 0.5) is 4.39 Å². The van der Waals surface area contributed by atoms with E-state index in [1.807, 2.05) is 26.1 Å². The lowest BCUT2D eigenvalue weighted by atomic mass is 9.77. The molecular weight excluding hydrogens is 225 g/mol. The van der Waals surface area contributed by atoms with Crippen LogP contribution in [0.3, 0.4) is 0 Å². The summed E-state index contributed by atoms with van der Waals surface area (Å²) in [4.78, 5) is 0. The van der Waals surface area contributed by atoms with Crippen molar-refractivity contribution >= 4 is 0 Å². The van der Waals surface area contributed by atoms with Gasteiger partial charge in [-0.15, -0.1) is 0 Å². The molecule has 1 unspecified atom stereocenters. The maximum Gasteiger partial charge on any atom is 0.128 e. The van der Waals surface area contributed by atoms with Crippen molar-refractivity contribution in [2.45, 2.75) is 45.6 Å². The van der Waals surface area contributed by atoms with Gasteiger partial charge in [0.15, 0.2) is 0 Å². The molecule has 1 aliphatic carbocycles. The minimum atomic E-state index is -0.0708. The highest BCUT2D eigenvalue weighted by atomic mass is 19.1.